The molecule has 1 aliphatic rings. The fourth-order valence-electron chi connectivity index (χ4n) is 2.42. The van der Waals surface area contributed by atoms with Crippen molar-refractivity contribution >= 4 is 5.91 Å². The van der Waals surface area contributed by atoms with E-state index in [9.17, 15) is 4.79 Å². The number of hydrogen-bond donors (Lipinski definition) is 2. The van der Waals surface area contributed by atoms with Gasteiger partial charge in [-0.05, 0) is 30.9 Å². The second-order valence-electron chi connectivity index (χ2n) is 4.67. The third-order valence-electron chi connectivity index (χ3n) is 3.40. The molecule has 0 aliphatic heterocycles. The van der Waals surface area contributed by atoms with Crippen LogP contribution in [0, 0.1) is 6.92 Å². The van der Waals surface area contributed by atoms with Crippen molar-refractivity contribution in [1.82, 2.24) is 10.6 Å². The fraction of sp³-hybridized carbons (Fsp3) is 0.500. The summed E-state index contributed by atoms with van der Waals surface area (Å²) in [6, 6.07) is 7.09. The van der Waals surface area contributed by atoms with Gasteiger partial charge >= 0.3 is 0 Å². The van der Waals surface area contributed by atoms with E-state index in [1.54, 1.807) is 7.05 Å². The molecule has 2 rings (SSSR count). The van der Waals surface area contributed by atoms with Crippen LogP contribution in [0.15, 0.2) is 18.2 Å². The number of carbonyl (C=O) groups is 1. The zero-order valence-corrected chi connectivity index (χ0v) is 10.5. The van der Waals surface area contributed by atoms with Crippen molar-refractivity contribution in [3.8, 4) is 0 Å². The number of hydrogen-bond acceptors (Lipinski definition) is 2. The number of carbonyl (C=O) groups excluding carboxylic acids is 1. The van der Waals surface area contributed by atoms with E-state index < -0.39 is 0 Å². The first kappa shape index (κ1) is 12.1. The normalized spacial score (nSPS) is 17.9. The number of benzene rings is 1. The highest BCUT2D eigenvalue weighted by Crippen LogP contribution is 2.31. The number of aryl methyl sites for hydroxylation is 2. The van der Waals surface area contributed by atoms with Gasteiger partial charge in [-0.15, -0.1) is 0 Å². The van der Waals surface area contributed by atoms with Crippen LogP contribution < -0.4 is 10.6 Å². The molecule has 3 heteroatoms. The predicted molar refractivity (Wildman–Crippen MR) is 68.9 cm³/mol. The molecular weight excluding hydrogens is 212 g/mol. The van der Waals surface area contributed by atoms with Crippen LogP contribution in [0.1, 0.15) is 35.6 Å². The second-order valence-corrected chi connectivity index (χ2v) is 4.67. The Hall–Kier alpha value is -1.35. The lowest BCUT2D eigenvalue weighted by Gasteiger charge is -2.14. The minimum Gasteiger partial charge on any atom is -0.359 e. The van der Waals surface area contributed by atoms with E-state index in [4.69, 9.17) is 0 Å². The van der Waals surface area contributed by atoms with Gasteiger partial charge in [0.1, 0.15) is 0 Å². The van der Waals surface area contributed by atoms with Crippen LogP contribution in [0.5, 0.6) is 0 Å². The Morgan fingerprint density at radius 3 is 3.06 bits per heavy atom. The quantitative estimate of drug-likeness (QED) is 0.829. The van der Waals surface area contributed by atoms with E-state index in [2.05, 4.69) is 35.8 Å². The van der Waals surface area contributed by atoms with Crippen LogP contribution in [0.4, 0.5) is 0 Å². The van der Waals surface area contributed by atoms with Gasteiger partial charge in [0.2, 0.25) is 5.91 Å². The molecule has 0 fully saturated rings. The molecule has 1 unspecified atom stereocenters. The summed E-state index contributed by atoms with van der Waals surface area (Å²) in [6.07, 6.45) is 2.84. The molecule has 0 saturated heterocycles. The summed E-state index contributed by atoms with van der Waals surface area (Å²) in [6.45, 7) is 2.87. The average Bonchev–Trinajstić information content (AvgIpc) is 2.72. The van der Waals surface area contributed by atoms with Gasteiger partial charge in [-0.3, -0.25) is 4.79 Å². The molecule has 1 atom stereocenters. The predicted octanol–water partition coefficient (Wildman–Crippen LogP) is 1.71. The maximum absolute atomic E-state index is 11.1. The third-order valence-corrected chi connectivity index (χ3v) is 3.40. The molecule has 2 N–H and O–H groups in total. The van der Waals surface area contributed by atoms with Crippen LogP contribution in [-0.4, -0.2) is 19.5 Å². The zero-order chi connectivity index (χ0) is 12.3. The third kappa shape index (κ3) is 2.86. The van der Waals surface area contributed by atoms with Crippen LogP contribution in [0.3, 0.4) is 0 Å². The van der Waals surface area contributed by atoms with Crippen LogP contribution >= 0.6 is 0 Å². The smallest absolute Gasteiger partial charge is 0.221 e. The molecule has 1 amide bonds. The van der Waals surface area contributed by atoms with Crippen molar-refractivity contribution < 1.29 is 4.79 Å². The topological polar surface area (TPSA) is 41.1 Å². The van der Waals surface area contributed by atoms with Gasteiger partial charge in [-0.2, -0.15) is 0 Å². The van der Waals surface area contributed by atoms with Crippen molar-refractivity contribution in [3.05, 3.63) is 34.9 Å². The molecule has 1 aromatic rings. The lowest BCUT2D eigenvalue weighted by atomic mass is 10.1. The Kier molecular flexibility index (Phi) is 3.79. The van der Waals surface area contributed by atoms with E-state index in [-0.39, 0.29) is 5.91 Å². The summed E-state index contributed by atoms with van der Waals surface area (Å²) in [4.78, 5) is 11.1. The van der Waals surface area contributed by atoms with Gasteiger partial charge in [-0.25, -0.2) is 0 Å². The lowest BCUT2D eigenvalue weighted by molar-refractivity contribution is -0.120. The van der Waals surface area contributed by atoms with Crippen molar-refractivity contribution in [1.29, 1.82) is 0 Å². The van der Waals surface area contributed by atoms with Gasteiger partial charge in [0.05, 0.1) is 0 Å². The maximum atomic E-state index is 11.1. The Morgan fingerprint density at radius 1 is 1.47 bits per heavy atom. The molecular formula is C14H20N2O. The molecule has 1 aliphatic carbocycles. The number of amides is 1. The Labute approximate surface area is 103 Å². The molecule has 0 aromatic heterocycles. The van der Waals surface area contributed by atoms with Crippen LogP contribution in [0.25, 0.3) is 0 Å². The standard InChI is InChI=1S/C14H20N2O/c1-10-3-4-11-5-6-13(12(11)9-10)16-8-7-14(17)15-2/h3-4,9,13,16H,5-8H2,1-2H3,(H,15,17). The van der Waals surface area contributed by atoms with Crippen LogP contribution in [-0.2, 0) is 11.2 Å². The average molecular weight is 232 g/mol. The molecule has 0 saturated carbocycles. The number of fused-ring (bicyclic) bond motifs is 1. The first-order chi connectivity index (χ1) is 8.20. The van der Waals surface area contributed by atoms with E-state index in [0.717, 1.165) is 19.4 Å². The minimum absolute atomic E-state index is 0.0972. The molecule has 92 valence electrons. The van der Waals surface area contributed by atoms with Gasteiger partial charge in [0.25, 0.3) is 0 Å². The Balaban J connectivity index is 1.93. The molecule has 0 spiro atoms. The summed E-state index contributed by atoms with van der Waals surface area (Å²) in [5.41, 5.74) is 4.18. The van der Waals surface area contributed by atoms with Gasteiger partial charge in [0, 0.05) is 26.1 Å². The Bertz CT molecular complexity index is 415. The number of rotatable bonds is 4. The number of nitrogens with one attached hydrogen (secondary N) is 2. The largest absolute Gasteiger partial charge is 0.359 e. The molecule has 3 nitrogen and oxygen atoms in total. The summed E-state index contributed by atoms with van der Waals surface area (Å²) in [5, 5.41) is 6.11. The Morgan fingerprint density at radius 2 is 2.29 bits per heavy atom. The maximum Gasteiger partial charge on any atom is 0.221 e. The van der Waals surface area contributed by atoms with Crippen LogP contribution in [0.2, 0.25) is 0 Å². The summed E-state index contributed by atoms with van der Waals surface area (Å²) in [5.74, 6) is 0.0972. The van der Waals surface area contributed by atoms with E-state index in [0.29, 0.717) is 12.5 Å². The lowest BCUT2D eigenvalue weighted by Crippen LogP contribution is -2.26. The highest BCUT2D eigenvalue weighted by molar-refractivity contribution is 5.75. The molecule has 0 radical (unpaired) electrons. The van der Waals surface area contributed by atoms with Crippen molar-refractivity contribution in [3.63, 3.8) is 0 Å². The van der Waals surface area contributed by atoms with Crippen molar-refractivity contribution in [2.24, 2.45) is 0 Å². The van der Waals surface area contributed by atoms with E-state index >= 15 is 0 Å². The monoisotopic (exact) mass is 232 g/mol. The molecule has 17 heavy (non-hydrogen) atoms. The van der Waals surface area contributed by atoms with Gasteiger partial charge in [-0.1, -0.05) is 23.8 Å². The highest BCUT2D eigenvalue weighted by atomic mass is 16.1. The van der Waals surface area contributed by atoms with Gasteiger partial charge < -0.3 is 10.6 Å². The van der Waals surface area contributed by atoms with E-state index in [1.165, 1.54) is 16.7 Å². The van der Waals surface area contributed by atoms with E-state index in [1.807, 2.05) is 0 Å². The first-order valence-corrected chi connectivity index (χ1v) is 6.24. The summed E-state index contributed by atoms with van der Waals surface area (Å²) in [7, 11) is 1.68. The molecule has 1 aromatic carbocycles. The van der Waals surface area contributed by atoms with Crippen molar-refractivity contribution in [2.45, 2.75) is 32.2 Å². The summed E-state index contributed by atoms with van der Waals surface area (Å²) < 4.78 is 0. The fourth-order valence-corrected chi connectivity index (χ4v) is 2.42. The zero-order valence-electron chi connectivity index (χ0n) is 10.5. The summed E-state index contributed by atoms with van der Waals surface area (Å²) >= 11 is 0. The molecule has 0 heterocycles. The second kappa shape index (κ2) is 5.32. The highest BCUT2D eigenvalue weighted by Gasteiger charge is 2.21. The van der Waals surface area contributed by atoms with Crippen molar-refractivity contribution in [2.75, 3.05) is 13.6 Å². The van der Waals surface area contributed by atoms with Gasteiger partial charge in [0.15, 0.2) is 0 Å². The SMILES string of the molecule is CNC(=O)CCNC1CCc2ccc(C)cc21. The minimum atomic E-state index is 0.0972. The first-order valence-electron chi connectivity index (χ1n) is 6.24. The molecule has 0 bridgehead atoms.